The fourth-order valence-electron chi connectivity index (χ4n) is 5.74. The van der Waals surface area contributed by atoms with Gasteiger partial charge in [-0.25, -0.2) is 9.37 Å². The number of aryl methyl sites for hydroxylation is 2. The summed E-state index contributed by atoms with van der Waals surface area (Å²) in [5.41, 5.74) is 4.20. The number of aliphatic hydroxyl groups excluding tert-OH is 1. The number of pyridine rings is 1. The van der Waals surface area contributed by atoms with Crippen LogP contribution in [0.5, 0.6) is 5.75 Å². The van der Waals surface area contributed by atoms with Crippen molar-refractivity contribution < 1.29 is 19.0 Å². The lowest BCUT2D eigenvalue weighted by Crippen LogP contribution is -2.31. The Bertz CT molecular complexity index is 1090. The van der Waals surface area contributed by atoms with E-state index in [1.54, 1.807) is 0 Å². The Morgan fingerprint density at radius 2 is 2.25 bits per heavy atom. The zero-order valence-electron chi connectivity index (χ0n) is 21.3. The fraction of sp³-hybridized carbons (Fsp3) is 0.552. The van der Waals surface area contributed by atoms with E-state index in [1.807, 2.05) is 0 Å². The highest BCUT2D eigenvalue weighted by atomic mass is 19.1. The van der Waals surface area contributed by atoms with E-state index in [2.05, 4.69) is 35.9 Å². The number of nitrogens with one attached hydrogen (secondary N) is 1. The van der Waals surface area contributed by atoms with Gasteiger partial charge in [-0.05, 0) is 79.7 Å². The van der Waals surface area contributed by atoms with Gasteiger partial charge in [0, 0.05) is 38.0 Å². The molecule has 1 fully saturated rings. The van der Waals surface area contributed by atoms with E-state index in [0.717, 1.165) is 74.3 Å². The summed E-state index contributed by atoms with van der Waals surface area (Å²) in [4.78, 5) is 6.94. The Morgan fingerprint density at radius 3 is 3.11 bits per heavy atom. The molecular formula is C29H38FN3O3. The lowest BCUT2D eigenvalue weighted by Gasteiger charge is -2.32. The number of fused-ring (bicyclic) bond motifs is 2. The first-order chi connectivity index (χ1) is 17.5. The van der Waals surface area contributed by atoms with Crippen LogP contribution in [0.4, 0.5) is 10.2 Å². The molecule has 3 aliphatic rings. The molecule has 3 aliphatic heterocycles. The Hall–Kier alpha value is -2.64. The summed E-state index contributed by atoms with van der Waals surface area (Å²) >= 11 is 0. The molecule has 3 atom stereocenters. The van der Waals surface area contributed by atoms with Crippen LogP contribution in [0.25, 0.3) is 0 Å². The minimum Gasteiger partial charge on any atom is -0.511 e. The molecule has 1 saturated heterocycles. The minimum atomic E-state index is -0.458. The first-order valence-corrected chi connectivity index (χ1v) is 13.4. The SMILES string of the molecule is C=C(O)[C@@H](c1cc(F)cc2c1CC(C)CO2)N1CC[C@@H](OCCCCc2ccc3c(n2)NCCC3)C1. The summed E-state index contributed by atoms with van der Waals surface area (Å²) in [6.07, 6.45) is 7.03. The highest BCUT2D eigenvalue weighted by Gasteiger charge is 2.34. The van der Waals surface area contributed by atoms with Gasteiger partial charge >= 0.3 is 0 Å². The second-order valence-corrected chi connectivity index (χ2v) is 10.6. The third kappa shape index (κ3) is 5.68. The molecule has 1 aromatic heterocycles. The minimum absolute atomic E-state index is 0.0358. The number of aliphatic hydroxyl groups is 1. The molecule has 0 radical (unpaired) electrons. The van der Waals surface area contributed by atoms with Crippen LogP contribution >= 0.6 is 0 Å². The van der Waals surface area contributed by atoms with Gasteiger partial charge in [0.2, 0.25) is 0 Å². The number of anilines is 1. The molecule has 0 aliphatic carbocycles. The predicted octanol–water partition coefficient (Wildman–Crippen LogP) is 5.38. The van der Waals surface area contributed by atoms with E-state index in [0.29, 0.717) is 31.4 Å². The number of halogens is 1. The average molecular weight is 496 g/mol. The molecule has 4 heterocycles. The number of hydrogen-bond donors (Lipinski definition) is 2. The van der Waals surface area contributed by atoms with Crippen LogP contribution in [0.3, 0.4) is 0 Å². The number of benzene rings is 1. The van der Waals surface area contributed by atoms with Crippen molar-refractivity contribution in [3.8, 4) is 5.75 Å². The quantitative estimate of drug-likeness (QED) is 0.360. The van der Waals surface area contributed by atoms with Crippen molar-refractivity contribution in [2.24, 2.45) is 5.92 Å². The molecular weight excluding hydrogens is 457 g/mol. The van der Waals surface area contributed by atoms with Crippen LogP contribution in [0, 0.1) is 11.7 Å². The van der Waals surface area contributed by atoms with Crippen molar-refractivity contribution in [1.29, 1.82) is 0 Å². The lowest BCUT2D eigenvalue weighted by molar-refractivity contribution is 0.0523. The monoisotopic (exact) mass is 495 g/mol. The van der Waals surface area contributed by atoms with E-state index in [1.165, 1.54) is 24.1 Å². The summed E-state index contributed by atoms with van der Waals surface area (Å²) in [5.74, 6) is 1.68. The first-order valence-electron chi connectivity index (χ1n) is 13.4. The molecule has 0 bridgehead atoms. The summed E-state index contributed by atoms with van der Waals surface area (Å²) in [6, 6.07) is 6.89. The maximum Gasteiger partial charge on any atom is 0.129 e. The van der Waals surface area contributed by atoms with Gasteiger partial charge in [-0.3, -0.25) is 4.90 Å². The molecule has 2 N–H and O–H groups in total. The fourth-order valence-corrected chi connectivity index (χ4v) is 5.74. The van der Waals surface area contributed by atoms with Crippen molar-refractivity contribution in [2.45, 2.75) is 64.0 Å². The molecule has 7 heteroatoms. The average Bonchev–Trinajstić information content (AvgIpc) is 3.32. The highest BCUT2D eigenvalue weighted by Crippen LogP contribution is 2.39. The van der Waals surface area contributed by atoms with Gasteiger partial charge in [-0.2, -0.15) is 0 Å². The molecule has 194 valence electrons. The number of aromatic nitrogens is 1. The molecule has 2 aromatic rings. The summed E-state index contributed by atoms with van der Waals surface area (Å²) < 4.78 is 26.4. The third-order valence-electron chi connectivity index (χ3n) is 7.57. The number of hydrogen-bond acceptors (Lipinski definition) is 6. The van der Waals surface area contributed by atoms with Crippen LogP contribution in [0.15, 0.2) is 36.6 Å². The molecule has 36 heavy (non-hydrogen) atoms. The van der Waals surface area contributed by atoms with Crippen molar-refractivity contribution in [1.82, 2.24) is 9.88 Å². The number of nitrogens with zero attached hydrogens (tertiary/aromatic N) is 2. The van der Waals surface area contributed by atoms with Crippen LogP contribution in [0.1, 0.15) is 61.0 Å². The molecule has 0 amide bonds. The van der Waals surface area contributed by atoms with Crippen LogP contribution in [0.2, 0.25) is 0 Å². The normalized spacial score (nSPS) is 22.3. The zero-order chi connectivity index (χ0) is 25.1. The van der Waals surface area contributed by atoms with Crippen LogP contribution in [-0.4, -0.2) is 53.9 Å². The Morgan fingerprint density at radius 1 is 1.36 bits per heavy atom. The van der Waals surface area contributed by atoms with Crippen LogP contribution in [-0.2, 0) is 24.0 Å². The predicted molar refractivity (Wildman–Crippen MR) is 139 cm³/mol. The maximum absolute atomic E-state index is 14.4. The largest absolute Gasteiger partial charge is 0.511 e. The van der Waals surface area contributed by atoms with E-state index >= 15 is 0 Å². The summed E-state index contributed by atoms with van der Waals surface area (Å²) in [6.45, 7) is 9.71. The summed E-state index contributed by atoms with van der Waals surface area (Å²) in [7, 11) is 0. The molecule has 6 nitrogen and oxygen atoms in total. The van der Waals surface area contributed by atoms with Crippen LogP contribution < -0.4 is 10.1 Å². The molecule has 0 saturated carbocycles. The number of unbranched alkanes of at least 4 members (excludes halogenated alkanes) is 1. The smallest absolute Gasteiger partial charge is 0.129 e. The standard InChI is InChI=1S/C29H38FN3O3/c1-19-14-25-26(15-22(30)16-27(25)36-18-19)28(20(2)34)33-12-10-24(17-33)35-13-4-3-7-23-9-8-21-6-5-11-31-29(21)32-23/h8-9,15-16,19,24,28,34H,2-7,10-14,17-18H2,1H3,(H,31,32)/t19?,24-,28+/m1/s1. The molecule has 1 aromatic carbocycles. The second-order valence-electron chi connectivity index (χ2n) is 10.6. The van der Waals surface area contributed by atoms with E-state index in [9.17, 15) is 9.50 Å². The van der Waals surface area contributed by atoms with E-state index < -0.39 is 6.04 Å². The topological polar surface area (TPSA) is 66.9 Å². The maximum atomic E-state index is 14.4. The third-order valence-corrected chi connectivity index (χ3v) is 7.57. The van der Waals surface area contributed by atoms with Gasteiger partial charge in [0.25, 0.3) is 0 Å². The Balaban J connectivity index is 1.13. The van der Waals surface area contributed by atoms with Crippen molar-refractivity contribution in [3.05, 3.63) is 64.8 Å². The highest BCUT2D eigenvalue weighted by molar-refractivity contribution is 5.47. The number of ether oxygens (including phenoxy) is 2. The Kier molecular flexibility index (Phi) is 7.77. The van der Waals surface area contributed by atoms with Crippen molar-refractivity contribution in [2.75, 3.05) is 38.2 Å². The lowest BCUT2D eigenvalue weighted by atomic mass is 9.89. The zero-order valence-corrected chi connectivity index (χ0v) is 21.3. The first kappa shape index (κ1) is 25.0. The van der Waals surface area contributed by atoms with E-state index in [4.69, 9.17) is 14.5 Å². The number of likely N-dealkylation sites (tertiary alicyclic amines) is 1. The molecule has 0 spiro atoms. The molecule has 5 rings (SSSR count). The van der Waals surface area contributed by atoms with E-state index in [-0.39, 0.29) is 17.7 Å². The second kappa shape index (κ2) is 11.2. The molecule has 1 unspecified atom stereocenters. The van der Waals surface area contributed by atoms with Crippen molar-refractivity contribution >= 4 is 5.82 Å². The summed E-state index contributed by atoms with van der Waals surface area (Å²) in [5, 5.41) is 14.0. The van der Waals surface area contributed by atoms with Gasteiger partial charge in [-0.15, -0.1) is 0 Å². The van der Waals surface area contributed by atoms with Crippen molar-refractivity contribution in [3.63, 3.8) is 0 Å². The Labute approximate surface area is 213 Å². The van der Waals surface area contributed by atoms with Gasteiger partial charge < -0.3 is 19.9 Å². The van der Waals surface area contributed by atoms with Gasteiger partial charge in [0.1, 0.15) is 23.1 Å². The van der Waals surface area contributed by atoms with Gasteiger partial charge in [0.05, 0.1) is 18.8 Å². The van der Waals surface area contributed by atoms with Gasteiger partial charge in [0.15, 0.2) is 0 Å². The number of rotatable bonds is 9. The van der Waals surface area contributed by atoms with Gasteiger partial charge in [-0.1, -0.05) is 19.6 Å².